The van der Waals surface area contributed by atoms with Crippen molar-refractivity contribution in [3.05, 3.63) is 47.5 Å². The molecule has 0 saturated carbocycles. The molecule has 2 aliphatic heterocycles. The molecule has 1 aromatic heterocycles. The average Bonchev–Trinajstić information content (AvgIpc) is 3.23. The summed E-state index contributed by atoms with van der Waals surface area (Å²) in [7, 11) is 2.12. The van der Waals surface area contributed by atoms with Gasteiger partial charge >= 0.3 is 0 Å². The lowest BCUT2D eigenvalue weighted by atomic mass is 9.95. The van der Waals surface area contributed by atoms with Gasteiger partial charge in [0.25, 0.3) is 0 Å². The maximum atomic E-state index is 13.1. The summed E-state index contributed by atoms with van der Waals surface area (Å²) < 4.78 is 0. The van der Waals surface area contributed by atoms with Crippen LogP contribution in [0.15, 0.2) is 42.5 Å². The number of halogens is 1. The zero-order valence-electron chi connectivity index (χ0n) is 17.9. The standard InChI is InChI=1S/C24H28ClN5O/c1-28-11-13-29(14-12-28)24(31)17-5-4-10-30(16-17)18-8-9-20(25)19(15-18)23-26-21-6-2-3-7-22(21)27-23/h2-3,6-9,15,17H,4-5,10-14,16H2,1H3,(H,26,27). The molecule has 2 aromatic carbocycles. The molecule has 31 heavy (non-hydrogen) atoms. The van der Waals surface area contributed by atoms with Gasteiger partial charge in [0.15, 0.2) is 0 Å². The Labute approximate surface area is 187 Å². The minimum atomic E-state index is 0.0579. The Kier molecular flexibility index (Phi) is 5.59. The second-order valence-corrected chi connectivity index (χ2v) is 9.09. The molecule has 7 heteroatoms. The number of carbonyl (C=O) groups excluding carboxylic acids is 1. The minimum Gasteiger partial charge on any atom is -0.371 e. The summed E-state index contributed by atoms with van der Waals surface area (Å²) in [6.45, 7) is 5.30. The number of piperidine rings is 1. The van der Waals surface area contributed by atoms with E-state index in [2.05, 4.69) is 38.9 Å². The molecule has 162 valence electrons. The van der Waals surface area contributed by atoms with Crippen molar-refractivity contribution in [2.45, 2.75) is 12.8 Å². The number of benzene rings is 2. The van der Waals surface area contributed by atoms with Crippen molar-refractivity contribution in [3.8, 4) is 11.4 Å². The van der Waals surface area contributed by atoms with Crippen LogP contribution < -0.4 is 4.90 Å². The van der Waals surface area contributed by atoms with Crippen LogP contribution in [0.4, 0.5) is 5.69 Å². The van der Waals surface area contributed by atoms with Crippen LogP contribution in [-0.4, -0.2) is 72.0 Å². The molecule has 0 radical (unpaired) electrons. The molecule has 6 nitrogen and oxygen atoms in total. The summed E-state index contributed by atoms with van der Waals surface area (Å²) in [6.07, 6.45) is 1.98. The highest BCUT2D eigenvalue weighted by Crippen LogP contribution is 2.33. The fourth-order valence-corrected chi connectivity index (χ4v) is 4.88. The van der Waals surface area contributed by atoms with Crippen molar-refractivity contribution >= 4 is 34.2 Å². The first-order chi connectivity index (χ1) is 15.1. The van der Waals surface area contributed by atoms with E-state index in [1.54, 1.807) is 0 Å². The van der Waals surface area contributed by atoms with Gasteiger partial charge in [0.05, 0.1) is 22.0 Å². The van der Waals surface area contributed by atoms with Crippen LogP contribution in [0.25, 0.3) is 22.4 Å². The number of imidazole rings is 1. The third-order valence-electron chi connectivity index (χ3n) is 6.55. The Morgan fingerprint density at radius 2 is 1.90 bits per heavy atom. The number of para-hydroxylation sites is 2. The number of rotatable bonds is 3. The SMILES string of the molecule is CN1CCN(C(=O)C2CCCN(c3ccc(Cl)c(-c4nc5ccccc5[nH]4)c3)C2)CC1. The number of hydrogen-bond donors (Lipinski definition) is 1. The molecule has 1 unspecified atom stereocenters. The van der Waals surface area contributed by atoms with E-state index in [1.165, 1.54) is 0 Å². The number of aromatic amines is 1. The predicted octanol–water partition coefficient (Wildman–Crippen LogP) is 3.87. The van der Waals surface area contributed by atoms with Gasteiger partial charge in [0.2, 0.25) is 5.91 Å². The summed E-state index contributed by atoms with van der Waals surface area (Å²) in [5, 5.41) is 0.671. The summed E-state index contributed by atoms with van der Waals surface area (Å²) in [5.41, 5.74) is 3.91. The van der Waals surface area contributed by atoms with Crippen molar-refractivity contribution in [3.63, 3.8) is 0 Å². The largest absolute Gasteiger partial charge is 0.371 e. The molecule has 2 fully saturated rings. The van der Waals surface area contributed by atoms with Crippen molar-refractivity contribution in [1.29, 1.82) is 0 Å². The van der Waals surface area contributed by atoms with Crippen molar-refractivity contribution in [2.75, 3.05) is 51.2 Å². The number of carbonyl (C=O) groups is 1. The van der Waals surface area contributed by atoms with Crippen molar-refractivity contribution < 1.29 is 4.79 Å². The molecule has 2 saturated heterocycles. The van der Waals surface area contributed by atoms with E-state index >= 15 is 0 Å². The zero-order valence-corrected chi connectivity index (χ0v) is 18.6. The third kappa shape index (κ3) is 4.14. The van der Waals surface area contributed by atoms with Gasteiger partial charge in [-0.3, -0.25) is 4.79 Å². The van der Waals surface area contributed by atoms with E-state index in [4.69, 9.17) is 16.6 Å². The second-order valence-electron chi connectivity index (χ2n) is 8.68. The quantitative estimate of drug-likeness (QED) is 0.675. The monoisotopic (exact) mass is 437 g/mol. The molecule has 0 bridgehead atoms. The molecular weight excluding hydrogens is 410 g/mol. The van der Waals surface area contributed by atoms with Crippen LogP contribution >= 0.6 is 11.6 Å². The lowest BCUT2D eigenvalue weighted by Crippen LogP contribution is -2.51. The van der Waals surface area contributed by atoms with Gasteiger partial charge < -0.3 is 19.7 Å². The maximum Gasteiger partial charge on any atom is 0.227 e. The summed E-state index contributed by atoms with van der Waals surface area (Å²) in [4.78, 5) is 27.9. The van der Waals surface area contributed by atoms with E-state index in [1.807, 2.05) is 30.3 Å². The van der Waals surface area contributed by atoms with Crippen LogP contribution in [0.3, 0.4) is 0 Å². The molecule has 3 heterocycles. The smallest absolute Gasteiger partial charge is 0.227 e. The molecule has 1 atom stereocenters. The highest BCUT2D eigenvalue weighted by atomic mass is 35.5. The number of nitrogens with one attached hydrogen (secondary N) is 1. The van der Waals surface area contributed by atoms with Gasteiger partial charge in [-0.1, -0.05) is 23.7 Å². The summed E-state index contributed by atoms with van der Waals surface area (Å²) in [6, 6.07) is 14.1. The molecule has 1 amide bonds. The third-order valence-corrected chi connectivity index (χ3v) is 6.87. The fourth-order valence-electron chi connectivity index (χ4n) is 4.67. The molecule has 1 N–H and O–H groups in total. The second kappa shape index (κ2) is 8.52. The summed E-state index contributed by atoms with van der Waals surface area (Å²) in [5.74, 6) is 1.14. The number of H-pyrrole nitrogens is 1. The first kappa shape index (κ1) is 20.3. The normalized spacial score (nSPS) is 20.4. The van der Waals surface area contributed by atoms with Crippen LogP contribution in [0, 0.1) is 5.92 Å². The van der Waals surface area contributed by atoms with Gasteiger partial charge in [-0.05, 0) is 50.2 Å². The Bertz CT molecular complexity index is 1060. The number of aromatic nitrogens is 2. The first-order valence-electron chi connectivity index (χ1n) is 11.1. The molecular formula is C24H28ClN5O. The molecule has 2 aliphatic rings. The van der Waals surface area contributed by atoms with Crippen molar-refractivity contribution in [1.82, 2.24) is 19.8 Å². The van der Waals surface area contributed by atoms with Crippen LogP contribution in [0.1, 0.15) is 12.8 Å². The first-order valence-corrected chi connectivity index (χ1v) is 11.4. The zero-order chi connectivity index (χ0) is 21.4. The highest BCUT2D eigenvalue weighted by Gasteiger charge is 2.31. The molecule has 0 aliphatic carbocycles. The number of fused-ring (bicyclic) bond motifs is 1. The van der Waals surface area contributed by atoms with E-state index in [0.29, 0.717) is 10.9 Å². The highest BCUT2D eigenvalue weighted by molar-refractivity contribution is 6.33. The van der Waals surface area contributed by atoms with Crippen LogP contribution in [0.5, 0.6) is 0 Å². The number of piperazine rings is 1. The average molecular weight is 438 g/mol. The number of likely N-dealkylation sites (N-methyl/N-ethyl adjacent to an activating group) is 1. The lowest BCUT2D eigenvalue weighted by Gasteiger charge is -2.39. The fraction of sp³-hybridized carbons (Fsp3) is 0.417. The molecule has 3 aromatic rings. The predicted molar refractivity (Wildman–Crippen MR) is 126 cm³/mol. The van der Waals surface area contributed by atoms with E-state index in [0.717, 1.165) is 80.2 Å². The van der Waals surface area contributed by atoms with Gasteiger partial charge in [-0.15, -0.1) is 0 Å². The van der Waals surface area contributed by atoms with E-state index in [9.17, 15) is 4.79 Å². The maximum absolute atomic E-state index is 13.1. The van der Waals surface area contributed by atoms with Crippen LogP contribution in [-0.2, 0) is 4.79 Å². The van der Waals surface area contributed by atoms with E-state index in [-0.39, 0.29) is 5.92 Å². The Balaban J connectivity index is 1.36. The molecule has 0 spiro atoms. The molecule has 5 rings (SSSR count). The number of anilines is 1. The minimum absolute atomic E-state index is 0.0579. The van der Waals surface area contributed by atoms with Gasteiger partial charge in [0.1, 0.15) is 5.82 Å². The topological polar surface area (TPSA) is 55.5 Å². The van der Waals surface area contributed by atoms with Gasteiger partial charge in [-0.25, -0.2) is 4.98 Å². The lowest BCUT2D eigenvalue weighted by molar-refractivity contribution is -0.137. The van der Waals surface area contributed by atoms with Crippen molar-refractivity contribution in [2.24, 2.45) is 5.92 Å². The number of hydrogen-bond acceptors (Lipinski definition) is 4. The van der Waals surface area contributed by atoms with Gasteiger partial charge in [0, 0.05) is 50.5 Å². The summed E-state index contributed by atoms with van der Waals surface area (Å²) >= 11 is 6.55. The van der Waals surface area contributed by atoms with Crippen LogP contribution in [0.2, 0.25) is 5.02 Å². The number of nitrogens with zero attached hydrogens (tertiary/aromatic N) is 4. The van der Waals surface area contributed by atoms with E-state index < -0.39 is 0 Å². The Morgan fingerprint density at radius 3 is 2.71 bits per heavy atom. The van der Waals surface area contributed by atoms with Gasteiger partial charge in [-0.2, -0.15) is 0 Å². The Hall–Kier alpha value is -2.57. The number of amides is 1. The Morgan fingerprint density at radius 1 is 1.10 bits per heavy atom.